The molecular formula is C20H25F3N4O6. The Labute approximate surface area is 187 Å². The first kappa shape index (κ1) is 25.9. The number of carbonyl (C=O) groups excluding carboxylic acids is 3. The van der Waals surface area contributed by atoms with Crippen LogP contribution in [0, 0.1) is 0 Å². The Morgan fingerprint density at radius 3 is 2.39 bits per heavy atom. The topological polar surface area (TPSA) is 142 Å². The number of rotatable bonds is 4. The summed E-state index contributed by atoms with van der Waals surface area (Å²) in [6, 6.07) is 8.24. The highest BCUT2D eigenvalue weighted by molar-refractivity contribution is 5.87. The number of alkyl carbamates (subject to hydrolysis) is 1. The Kier molecular flexibility index (Phi) is 8.63. The van der Waals surface area contributed by atoms with Crippen molar-refractivity contribution in [3.8, 4) is 0 Å². The van der Waals surface area contributed by atoms with Gasteiger partial charge in [0, 0.05) is 26.1 Å². The molecule has 33 heavy (non-hydrogen) atoms. The van der Waals surface area contributed by atoms with E-state index in [9.17, 15) is 27.6 Å². The number of methoxy groups -OCH3 is 1. The van der Waals surface area contributed by atoms with Crippen molar-refractivity contribution in [2.24, 2.45) is 5.73 Å². The molecule has 10 nitrogen and oxygen atoms in total. The van der Waals surface area contributed by atoms with Gasteiger partial charge in [-0.3, -0.25) is 9.59 Å². The zero-order valence-corrected chi connectivity index (χ0v) is 17.7. The van der Waals surface area contributed by atoms with Gasteiger partial charge in [0.2, 0.25) is 11.8 Å². The number of hydrogen-bond donors (Lipinski definition) is 3. The molecule has 0 saturated carbocycles. The Morgan fingerprint density at radius 1 is 1.24 bits per heavy atom. The van der Waals surface area contributed by atoms with Gasteiger partial charge in [-0.2, -0.15) is 13.2 Å². The van der Waals surface area contributed by atoms with Crippen molar-refractivity contribution < 1.29 is 42.2 Å². The molecule has 2 aliphatic rings. The maximum absolute atomic E-state index is 13.0. The monoisotopic (exact) mass is 474 g/mol. The Balaban J connectivity index is 0.000000479. The van der Waals surface area contributed by atoms with Crippen molar-refractivity contribution >= 4 is 23.9 Å². The minimum Gasteiger partial charge on any atom is -0.475 e. The molecule has 0 radical (unpaired) electrons. The molecule has 4 N–H and O–H groups in total. The second-order valence-corrected chi connectivity index (χ2v) is 7.49. The number of benzene rings is 1. The summed E-state index contributed by atoms with van der Waals surface area (Å²) in [6.45, 7) is 1.34. The number of fused-ring (bicyclic) bond motifs is 1. The van der Waals surface area contributed by atoms with Gasteiger partial charge in [0.1, 0.15) is 6.04 Å². The van der Waals surface area contributed by atoms with E-state index in [2.05, 4.69) is 10.1 Å². The van der Waals surface area contributed by atoms with E-state index >= 15 is 0 Å². The van der Waals surface area contributed by atoms with Crippen molar-refractivity contribution in [2.45, 2.75) is 37.1 Å². The number of ether oxygens (including phenoxy) is 1. The molecular weight excluding hydrogens is 449 g/mol. The molecule has 0 aromatic heterocycles. The van der Waals surface area contributed by atoms with Gasteiger partial charge in [-0.05, 0) is 12.0 Å². The van der Waals surface area contributed by atoms with E-state index in [1.807, 2.05) is 30.3 Å². The molecule has 1 aromatic carbocycles. The molecule has 13 heteroatoms. The lowest BCUT2D eigenvalue weighted by atomic mass is 10.0. The summed E-state index contributed by atoms with van der Waals surface area (Å²) in [5, 5.41) is 9.76. The Hall–Kier alpha value is -3.35. The Morgan fingerprint density at radius 2 is 1.85 bits per heavy atom. The van der Waals surface area contributed by atoms with Crippen molar-refractivity contribution in [1.82, 2.24) is 15.1 Å². The van der Waals surface area contributed by atoms with Gasteiger partial charge in [0.05, 0.1) is 19.2 Å². The smallest absolute Gasteiger partial charge is 0.475 e. The number of aliphatic carboxylic acids is 1. The zero-order valence-electron chi connectivity index (χ0n) is 17.7. The molecule has 2 fully saturated rings. The van der Waals surface area contributed by atoms with Crippen LogP contribution in [0.3, 0.4) is 0 Å². The molecule has 1 aromatic rings. The fourth-order valence-corrected chi connectivity index (χ4v) is 3.63. The molecule has 0 spiro atoms. The van der Waals surface area contributed by atoms with Gasteiger partial charge >= 0.3 is 18.2 Å². The quantitative estimate of drug-likeness (QED) is 0.572. The fraction of sp³-hybridized carbons (Fsp3) is 0.500. The van der Waals surface area contributed by atoms with Gasteiger partial charge in [0.25, 0.3) is 0 Å². The van der Waals surface area contributed by atoms with Crippen LogP contribution in [-0.2, 0) is 25.5 Å². The van der Waals surface area contributed by atoms with Crippen LogP contribution in [0.15, 0.2) is 30.3 Å². The summed E-state index contributed by atoms with van der Waals surface area (Å²) in [4.78, 5) is 49.1. The number of piperazine rings is 1. The van der Waals surface area contributed by atoms with Crippen LogP contribution in [0.1, 0.15) is 12.0 Å². The number of nitrogens with one attached hydrogen (secondary N) is 1. The van der Waals surface area contributed by atoms with E-state index in [0.29, 0.717) is 32.5 Å². The van der Waals surface area contributed by atoms with Crippen LogP contribution in [0.2, 0.25) is 0 Å². The first-order chi connectivity index (χ1) is 15.4. The number of hydrogen-bond acceptors (Lipinski definition) is 6. The summed E-state index contributed by atoms with van der Waals surface area (Å²) in [7, 11) is 1.27. The third-order valence-electron chi connectivity index (χ3n) is 5.22. The van der Waals surface area contributed by atoms with Gasteiger partial charge in [-0.25, -0.2) is 9.59 Å². The van der Waals surface area contributed by atoms with Crippen molar-refractivity contribution in [1.29, 1.82) is 0 Å². The maximum Gasteiger partial charge on any atom is 0.490 e. The number of alkyl halides is 3. The minimum atomic E-state index is -5.08. The van der Waals surface area contributed by atoms with Gasteiger partial charge < -0.3 is 30.7 Å². The number of halogens is 3. The lowest BCUT2D eigenvalue weighted by Gasteiger charge is -2.38. The van der Waals surface area contributed by atoms with Gasteiger partial charge in [-0.1, -0.05) is 30.3 Å². The van der Waals surface area contributed by atoms with E-state index < -0.39 is 30.3 Å². The van der Waals surface area contributed by atoms with E-state index in [-0.39, 0.29) is 17.9 Å². The standard InChI is InChI=1S/C18H24N4O4.C2HF3O2/c1-26-18(25)20-15(9-12-5-3-2-4-6-12)17(24)21-7-8-22-13(11-21)10-14(19)16(22)23;3-2(4,5)1(6)7/h2-6,13-15H,7-11,19H2,1H3,(H,20,25);(H,6,7). The SMILES string of the molecule is COC(=O)NC(Cc1ccccc1)C(=O)N1CCN2C(=O)C(N)CC2C1.O=C(O)C(F)(F)F. The van der Waals surface area contributed by atoms with E-state index in [4.69, 9.17) is 15.6 Å². The molecule has 0 bridgehead atoms. The highest BCUT2D eigenvalue weighted by Crippen LogP contribution is 2.23. The van der Waals surface area contributed by atoms with Crippen LogP contribution in [0.25, 0.3) is 0 Å². The Bertz CT molecular complexity index is 867. The van der Waals surface area contributed by atoms with Crippen molar-refractivity contribution in [3.63, 3.8) is 0 Å². The predicted molar refractivity (Wildman–Crippen MR) is 108 cm³/mol. The summed E-state index contributed by atoms with van der Waals surface area (Å²) >= 11 is 0. The summed E-state index contributed by atoms with van der Waals surface area (Å²) in [5.74, 6) is -2.98. The average Bonchev–Trinajstić information content (AvgIpc) is 3.06. The maximum atomic E-state index is 13.0. The zero-order chi connectivity index (χ0) is 24.8. The number of nitrogens with two attached hydrogens (primary N) is 1. The molecule has 3 atom stereocenters. The van der Waals surface area contributed by atoms with Crippen LogP contribution < -0.4 is 11.1 Å². The molecule has 3 rings (SSSR count). The third kappa shape index (κ3) is 7.07. The highest BCUT2D eigenvalue weighted by Gasteiger charge is 2.42. The molecule has 3 unspecified atom stereocenters. The van der Waals surface area contributed by atoms with Crippen LogP contribution in [0.5, 0.6) is 0 Å². The van der Waals surface area contributed by atoms with E-state index in [1.165, 1.54) is 7.11 Å². The summed E-state index contributed by atoms with van der Waals surface area (Å²) in [5.41, 5.74) is 6.78. The molecule has 2 saturated heterocycles. The molecule has 0 aliphatic carbocycles. The van der Waals surface area contributed by atoms with E-state index in [0.717, 1.165) is 5.56 Å². The first-order valence-corrected chi connectivity index (χ1v) is 9.97. The number of carbonyl (C=O) groups is 4. The summed E-state index contributed by atoms with van der Waals surface area (Å²) < 4.78 is 36.4. The number of carboxylic acid groups (broad SMARTS) is 1. The molecule has 2 aliphatic heterocycles. The number of nitrogens with zero attached hydrogens (tertiary/aromatic N) is 2. The summed E-state index contributed by atoms with van der Waals surface area (Å²) in [6.07, 6.45) is -4.80. The van der Waals surface area contributed by atoms with Gasteiger partial charge in [-0.15, -0.1) is 0 Å². The number of amides is 3. The minimum absolute atomic E-state index is 0.0457. The average molecular weight is 474 g/mol. The molecule has 3 amide bonds. The lowest BCUT2D eigenvalue weighted by molar-refractivity contribution is -0.192. The largest absolute Gasteiger partial charge is 0.490 e. The van der Waals surface area contributed by atoms with Crippen LogP contribution in [0.4, 0.5) is 18.0 Å². The second kappa shape index (κ2) is 11.0. The molecule has 2 heterocycles. The predicted octanol–water partition coefficient (Wildman–Crippen LogP) is 0.357. The van der Waals surface area contributed by atoms with Crippen molar-refractivity contribution in [2.75, 3.05) is 26.7 Å². The fourth-order valence-electron chi connectivity index (χ4n) is 3.63. The number of carboxylic acids is 1. The molecule has 182 valence electrons. The first-order valence-electron chi connectivity index (χ1n) is 9.97. The normalized spacial score (nSPS) is 20.8. The highest BCUT2D eigenvalue weighted by atomic mass is 19.4. The van der Waals surface area contributed by atoms with Crippen LogP contribution in [-0.4, -0.2) is 89.8 Å². The third-order valence-corrected chi connectivity index (χ3v) is 5.22. The van der Waals surface area contributed by atoms with E-state index in [1.54, 1.807) is 9.80 Å². The van der Waals surface area contributed by atoms with Crippen molar-refractivity contribution in [3.05, 3.63) is 35.9 Å². The van der Waals surface area contributed by atoms with Crippen LogP contribution >= 0.6 is 0 Å². The second-order valence-electron chi connectivity index (χ2n) is 7.49. The lowest BCUT2D eigenvalue weighted by Crippen LogP contribution is -2.58. The van der Waals surface area contributed by atoms with Gasteiger partial charge in [0.15, 0.2) is 0 Å².